The van der Waals surface area contributed by atoms with Crippen molar-refractivity contribution in [2.75, 3.05) is 25.5 Å². The van der Waals surface area contributed by atoms with Crippen LogP contribution in [0.4, 0.5) is 5.82 Å². The molecule has 0 bridgehead atoms. The Morgan fingerprint density at radius 1 is 0.895 bits per heavy atom. The summed E-state index contributed by atoms with van der Waals surface area (Å²) in [6, 6.07) is 19.2. The van der Waals surface area contributed by atoms with Crippen LogP contribution in [0.15, 0.2) is 60.7 Å². The van der Waals surface area contributed by atoms with Crippen LogP contribution < -0.4 is 10.1 Å². The zero-order valence-corrected chi connectivity index (χ0v) is 23.1. The van der Waals surface area contributed by atoms with E-state index in [4.69, 9.17) is 9.84 Å². The van der Waals surface area contributed by atoms with Crippen molar-refractivity contribution < 1.29 is 14.3 Å². The number of nitrogens with zero attached hydrogens (tertiary/aromatic N) is 3. The first kappa shape index (κ1) is 29.0. The molecule has 0 radical (unpaired) electrons. The maximum absolute atomic E-state index is 13.2. The summed E-state index contributed by atoms with van der Waals surface area (Å²) in [5.74, 6) is 1.12. The Morgan fingerprint density at radius 2 is 1.58 bits per heavy atom. The van der Waals surface area contributed by atoms with Crippen molar-refractivity contribution in [3.63, 3.8) is 0 Å². The van der Waals surface area contributed by atoms with Gasteiger partial charge in [-0.25, -0.2) is 4.68 Å². The molecular formula is C31H42N4O3. The summed E-state index contributed by atoms with van der Waals surface area (Å²) in [5.41, 5.74) is 2.50. The number of anilines is 1. The van der Waals surface area contributed by atoms with Crippen LogP contribution in [0, 0.1) is 0 Å². The van der Waals surface area contributed by atoms with Gasteiger partial charge in [-0.2, -0.15) is 5.10 Å². The Kier molecular flexibility index (Phi) is 11.9. The van der Waals surface area contributed by atoms with Gasteiger partial charge >= 0.3 is 0 Å². The number of nitrogens with one attached hydrogen (secondary N) is 1. The van der Waals surface area contributed by atoms with Gasteiger partial charge in [0.15, 0.2) is 0 Å². The van der Waals surface area contributed by atoms with Gasteiger partial charge in [0.05, 0.1) is 25.0 Å². The molecule has 2 amide bonds. The lowest BCUT2D eigenvalue weighted by Crippen LogP contribution is -2.38. The second-order valence-electron chi connectivity index (χ2n) is 9.63. The number of unbranched alkanes of at least 4 members (excludes halogenated alkanes) is 6. The molecule has 2 aromatic carbocycles. The number of aromatic nitrogens is 2. The number of carbonyl (C=O) groups excluding carboxylic acids is 2. The van der Waals surface area contributed by atoms with Crippen LogP contribution in [0.3, 0.4) is 0 Å². The first-order chi connectivity index (χ1) is 18.5. The molecule has 1 aromatic heterocycles. The quantitative estimate of drug-likeness (QED) is 0.210. The molecule has 0 atom stereocenters. The molecule has 7 nitrogen and oxygen atoms in total. The van der Waals surface area contributed by atoms with Crippen LogP contribution in [0.2, 0.25) is 0 Å². The minimum Gasteiger partial charge on any atom is -0.497 e. The Bertz CT molecular complexity index is 1130. The van der Waals surface area contributed by atoms with Crippen molar-refractivity contribution in [1.82, 2.24) is 14.7 Å². The second-order valence-corrected chi connectivity index (χ2v) is 9.63. The normalized spacial score (nSPS) is 10.8. The molecule has 1 N–H and O–H groups in total. The van der Waals surface area contributed by atoms with Gasteiger partial charge in [0.25, 0.3) is 0 Å². The van der Waals surface area contributed by atoms with E-state index >= 15 is 0 Å². The van der Waals surface area contributed by atoms with Gasteiger partial charge in [-0.15, -0.1) is 0 Å². The highest BCUT2D eigenvalue weighted by molar-refractivity contribution is 5.94. The molecule has 38 heavy (non-hydrogen) atoms. The molecule has 204 valence electrons. The Balaban J connectivity index is 1.73. The van der Waals surface area contributed by atoms with E-state index in [1.165, 1.54) is 19.3 Å². The van der Waals surface area contributed by atoms with Gasteiger partial charge in [0.1, 0.15) is 11.6 Å². The molecule has 0 unspecified atom stereocenters. The van der Waals surface area contributed by atoms with Gasteiger partial charge in [-0.3, -0.25) is 9.59 Å². The van der Waals surface area contributed by atoms with Crippen molar-refractivity contribution in [1.29, 1.82) is 0 Å². The van der Waals surface area contributed by atoms with Gasteiger partial charge < -0.3 is 15.0 Å². The van der Waals surface area contributed by atoms with Crippen LogP contribution in [0.5, 0.6) is 5.75 Å². The maximum atomic E-state index is 13.2. The fourth-order valence-electron chi connectivity index (χ4n) is 4.35. The standard InChI is InChI=1S/C31H42N4O3/c1-4-6-8-9-10-14-17-31(37)34(22-7-5-2)24-30(36)32-29-23-28(25-15-12-11-13-16-25)33-35(29)26-18-20-27(38-3)21-19-26/h11-13,15-16,18-21,23H,4-10,14,17,22,24H2,1-3H3,(H,32,36). The lowest BCUT2D eigenvalue weighted by atomic mass is 10.1. The topological polar surface area (TPSA) is 76.5 Å². The average Bonchev–Trinajstić information content (AvgIpc) is 3.36. The van der Waals surface area contributed by atoms with E-state index in [-0.39, 0.29) is 18.4 Å². The highest BCUT2D eigenvalue weighted by Gasteiger charge is 2.19. The maximum Gasteiger partial charge on any atom is 0.245 e. The SMILES string of the molecule is CCCCCCCCC(=O)N(CCCC)CC(=O)Nc1cc(-c2ccccc2)nn1-c1ccc(OC)cc1. The monoisotopic (exact) mass is 518 g/mol. The fraction of sp³-hybridized carbons (Fsp3) is 0.452. The third-order valence-electron chi connectivity index (χ3n) is 6.58. The number of methoxy groups -OCH3 is 1. The number of hydrogen-bond donors (Lipinski definition) is 1. The average molecular weight is 519 g/mol. The summed E-state index contributed by atoms with van der Waals surface area (Å²) >= 11 is 0. The molecule has 1 heterocycles. The summed E-state index contributed by atoms with van der Waals surface area (Å²) in [5, 5.41) is 7.79. The third-order valence-corrected chi connectivity index (χ3v) is 6.58. The summed E-state index contributed by atoms with van der Waals surface area (Å²) in [6.45, 7) is 4.91. The Labute approximate surface area is 227 Å². The third kappa shape index (κ3) is 8.75. The number of amides is 2. The van der Waals surface area contributed by atoms with E-state index in [1.54, 1.807) is 16.7 Å². The molecule has 0 aliphatic heterocycles. The number of benzene rings is 2. The zero-order valence-electron chi connectivity index (χ0n) is 23.1. The first-order valence-electron chi connectivity index (χ1n) is 13.9. The van der Waals surface area contributed by atoms with E-state index in [9.17, 15) is 9.59 Å². The van der Waals surface area contributed by atoms with Gasteiger partial charge in [-0.05, 0) is 37.1 Å². The van der Waals surface area contributed by atoms with E-state index < -0.39 is 0 Å². The molecule has 0 saturated heterocycles. The summed E-state index contributed by atoms with van der Waals surface area (Å²) < 4.78 is 7.00. The Morgan fingerprint density at radius 3 is 2.26 bits per heavy atom. The van der Waals surface area contributed by atoms with Crippen LogP contribution in [-0.2, 0) is 9.59 Å². The lowest BCUT2D eigenvalue weighted by Gasteiger charge is -2.22. The molecule has 0 fully saturated rings. The molecular weight excluding hydrogens is 476 g/mol. The summed E-state index contributed by atoms with van der Waals surface area (Å²) in [7, 11) is 1.63. The van der Waals surface area contributed by atoms with Crippen LogP contribution >= 0.6 is 0 Å². The number of ether oxygens (including phenoxy) is 1. The number of carbonyl (C=O) groups is 2. The van der Waals surface area contributed by atoms with Crippen LogP contribution in [0.25, 0.3) is 16.9 Å². The van der Waals surface area contributed by atoms with Gasteiger partial charge in [0.2, 0.25) is 11.8 Å². The van der Waals surface area contributed by atoms with E-state index in [2.05, 4.69) is 19.2 Å². The highest BCUT2D eigenvalue weighted by atomic mass is 16.5. The molecule has 3 aromatic rings. The van der Waals surface area contributed by atoms with Crippen molar-refractivity contribution in [2.24, 2.45) is 0 Å². The van der Waals surface area contributed by atoms with Crippen molar-refractivity contribution in [3.8, 4) is 22.7 Å². The number of rotatable bonds is 16. The first-order valence-corrected chi connectivity index (χ1v) is 13.9. The largest absolute Gasteiger partial charge is 0.497 e. The van der Waals surface area contributed by atoms with E-state index in [0.29, 0.717) is 18.8 Å². The molecule has 7 heteroatoms. The minimum atomic E-state index is -0.230. The minimum absolute atomic E-state index is 0.0309. The lowest BCUT2D eigenvalue weighted by molar-refractivity contribution is -0.134. The summed E-state index contributed by atoms with van der Waals surface area (Å²) in [4.78, 5) is 27.9. The number of hydrogen-bond acceptors (Lipinski definition) is 4. The van der Waals surface area contributed by atoms with Crippen LogP contribution in [-0.4, -0.2) is 46.7 Å². The van der Waals surface area contributed by atoms with Crippen molar-refractivity contribution >= 4 is 17.6 Å². The predicted octanol–water partition coefficient (Wildman–Crippen LogP) is 6.87. The predicted molar refractivity (Wildman–Crippen MR) is 154 cm³/mol. The Hall–Kier alpha value is -3.61. The zero-order chi connectivity index (χ0) is 27.2. The molecule has 0 spiro atoms. The smallest absolute Gasteiger partial charge is 0.245 e. The van der Waals surface area contributed by atoms with E-state index in [1.807, 2.05) is 60.7 Å². The fourth-order valence-corrected chi connectivity index (χ4v) is 4.35. The summed E-state index contributed by atoms with van der Waals surface area (Å²) in [6.07, 6.45) is 9.10. The molecule has 0 aliphatic carbocycles. The van der Waals surface area contributed by atoms with Gasteiger partial charge in [-0.1, -0.05) is 82.7 Å². The highest BCUT2D eigenvalue weighted by Crippen LogP contribution is 2.26. The van der Waals surface area contributed by atoms with Crippen molar-refractivity contribution in [3.05, 3.63) is 60.7 Å². The molecule has 3 rings (SSSR count). The molecule has 0 aliphatic rings. The van der Waals surface area contributed by atoms with Crippen molar-refractivity contribution in [2.45, 2.75) is 71.6 Å². The van der Waals surface area contributed by atoms with E-state index in [0.717, 1.165) is 54.8 Å². The van der Waals surface area contributed by atoms with Crippen LogP contribution in [0.1, 0.15) is 71.6 Å². The second kappa shape index (κ2) is 15.6. The molecule has 0 saturated carbocycles. The van der Waals surface area contributed by atoms with Gasteiger partial charge in [0, 0.05) is 24.6 Å².